The fourth-order valence-electron chi connectivity index (χ4n) is 2.89. The molecule has 0 spiro atoms. The molecule has 1 aromatic rings. The third kappa shape index (κ3) is 7.00. The van der Waals surface area contributed by atoms with E-state index in [0.29, 0.717) is 13.1 Å². The Hall–Kier alpha value is -2.34. The van der Waals surface area contributed by atoms with Crippen LogP contribution >= 0.6 is 0 Å². The number of hydrogen-bond donors (Lipinski definition) is 2. The van der Waals surface area contributed by atoms with Crippen LogP contribution in [0.3, 0.4) is 0 Å². The van der Waals surface area contributed by atoms with Gasteiger partial charge in [-0.25, -0.2) is 4.98 Å². The summed E-state index contributed by atoms with van der Waals surface area (Å²) < 4.78 is 2.23. The summed E-state index contributed by atoms with van der Waals surface area (Å²) in [6.45, 7) is 18.8. The fourth-order valence-corrected chi connectivity index (χ4v) is 2.89. The normalized spacial score (nSPS) is 11.3. The summed E-state index contributed by atoms with van der Waals surface area (Å²) in [4.78, 5) is 11.6. The number of aryl methyl sites for hydroxylation is 1. The average Bonchev–Trinajstić information content (AvgIpc) is 2.97. The van der Waals surface area contributed by atoms with Crippen LogP contribution < -0.4 is 11.1 Å². The molecule has 1 aromatic heterocycles. The first-order chi connectivity index (χ1) is 13.3. The van der Waals surface area contributed by atoms with Crippen molar-refractivity contribution < 1.29 is 0 Å². The number of aliphatic imine (C=N–C) groups is 1. The van der Waals surface area contributed by atoms with E-state index < -0.39 is 0 Å². The van der Waals surface area contributed by atoms with Crippen LogP contribution in [0.25, 0.3) is 5.70 Å². The van der Waals surface area contributed by atoms with E-state index in [4.69, 9.17) is 10.7 Å². The van der Waals surface area contributed by atoms with Crippen molar-refractivity contribution in [1.82, 2.24) is 14.5 Å². The van der Waals surface area contributed by atoms with Crippen molar-refractivity contribution in [1.29, 1.82) is 0 Å². The maximum atomic E-state index is 5.64. The molecule has 0 fully saturated rings. The average molecular weight is 387 g/mol. The second-order valence-electron chi connectivity index (χ2n) is 7.34. The van der Waals surface area contributed by atoms with E-state index >= 15 is 0 Å². The number of hydrogen-bond acceptors (Lipinski definition) is 5. The minimum Gasteiger partial charge on any atom is -0.373 e. The molecule has 1 rings (SSSR count). The smallest absolute Gasteiger partial charge is 0.158 e. The lowest BCUT2D eigenvalue weighted by atomic mass is 10.2. The van der Waals surface area contributed by atoms with Gasteiger partial charge in [-0.05, 0) is 52.8 Å². The molecule has 1 heterocycles. The molecule has 6 heteroatoms. The number of nitrogens with zero attached hydrogens (tertiary/aromatic N) is 4. The zero-order valence-electron chi connectivity index (χ0n) is 18.4. The Morgan fingerprint density at radius 2 is 2.04 bits per heavy atom. The van der Waals surface area contributed by atoms with Gasteiger partial charge in [0.05, 0.1) is 12.2 Å². The van der Waals surface area contributed by atoms with Gasteiger partial charge in [-0.2, -0.15) is 0 Å². The van der Waals surface area contributed by atoms with E-state index in [0.717, 1.165) is 61.0 Å². The van der Waals surface area contributed by atoms with E-state index in [2.05, 4.69) is 46.9 Å². The van der Waals surface area contributed by atoms with Gasteiger partial charge in [0.25, 0.3) is 0 Å². The lowest BCUT2D eigenvalue weighted by Gasteiger charge is -2.24. The predicted octanol–water partition coefficient (Wildman–Crippen LogP) is 4.42. The van der Waals surface area contributed by atoms with Gasteiger partial charge >= 0.3 is 0 Å². The van der Waals surface area contributed by atoms with Crippen LogP contribution in [-0.4, -0.2) is 40.3 Å². The molecule has 0 amide bonds. The first-order valence-electron chi connectivity index (χ1n) is 10.1. The highest BCUT2D eigenvalue weighted by Gasteiger charge is 2.21. The zero-order chi connectivity index (χ0) is 21.1. The Morgan fingerprint density at radius 1 is 1.32 bits per heavy atom. The van der Waals surface area contributed by atoms with Crippen molar-refractivity contribution in [3.63, 3.8) is 0 Å². The standard InChI is InChI=1S/C22H38N6/c1-8-12-20-26-22(24-9-2)21(19(6)27(7)14-11-10-13-23)28(20)16-18(5)25-15-17(3)4/h9,15,24H,2,6,8,10-14,16,23H2,1,3-5,7H3/b25-18+. The van der Waals surface area contributed by atoms with Crippen LogP contribution in [0.5, 0.6) is 0 Å². The molecule has 0 atom stereocenters. The zero-order valence-corrected chi connectivity index (χ0v) is 18.4. The summed E-state index contributed by atoms with van der Waals surface area (Å²) in [5.74, 6) is 1.83. The number of rotatable bonds is 13. The van der Waals surface area contributed by atoms with Crippen LogP contribution in [0.2, 0.25) is 0 Å². The van der Waals surface area contributed by atoms with Crippen LogP contribution in [0, 0.1) is 0 Å². The molecule has 0 aromatic carbocycles. The van der Waals surface area contributed by atoms with Gasteiger partial charge in [-0.15, -0.1) is 0 Å². The topological polar surface area (TPSA) is 71.5 Å². The summed E-state index contributed by atoms with van der Waals surface area (Å²) in [7, 11) is 2.07. The van der Waals surface area contributed by atoms with Crippen molar-refractivity contribution >= 4 is 17.2 Å². The Labute approximate surface area is 170 Å². The van der Waals surface area contributed by atoms with Crippen molar-refractivity contribution in [2.24, 2.45) is 10.7 Å². The molecule has 156 valence electrons. The van der Waals surface area contributed by atoms with E-state index in [-0.39, 0.29) is 0 Å². The van der Waals surface area contributed by atoms with Crippen LogP contribution in [0.4, 0.5) is 5.82 Å². The Morgan fingerprint density at radius 3 is 2.61 bits per heavy atom. The maximum Gasteiger partial charge on any atom is 0.158 e. The molecule has 0 saturated heterocycles. The fraction of sp³-hybridized carbons (Fsp3) is 0.545. The van der Waals surface area contributed by atoms with Gasteiger partial charge in [0.15, 0.2) is 5.82 Å². The van der Waals surface area contributed by atoms with E-state index in [1.54, 1.807) is 6.20 Å². The monoisotopic (exact) mass is 386 g/mol. The quantitative estimate of drug-likeness (QED) is 0.389. The lowest BCUT2D eigenvalue weighted by Crippen LogP contribution is -2.22. The molecular weight excluding hydrogens is 348 g/mol. The molecule has 0 saturated carbocycles. The second kappa shape index (κ2) is 12.2. The molecule has 0 aliphatic carbocycles. The molecule has 0 radical (unpaired) electrons. The molecular formula is C22H38N6. The molecule has 0 aliphatic heterocycles. The Bertz CT molecular complexity index is 707. The van der Waals surface area contributed by atoms with Crippen molar-refractivity contribution in [2.45, 2.75) is 59.9 Å². The van der Waals surface area contributed by atoms with Gasteiger partial charge in [0.1, 0.15) is 11.5 Å². The summed E-state index contributed by atoms with van der Waals surface area (Å²) in [5, 5.41) is 3.19. The number of anilines is 1. The highest BCUT2D eigenvalue weighted by Crippen LogP contribution is 2.27. The van der Waals surface area contributed by atoms with Crippen molar-refractivity contribution in [2.75, 3.05) is 25.5 Å². The van der Waals surface area contributed by atoms with E-state index in [1.807, 2.05) is 27.0 Å². The number of nitrogens with two attached hydrogens (primary N) is 1. The molecule has 28 heavy (non-hydrogen) atoms. The first kappa shape index (κ1) is 23.7. The minimum atomic E-state index is 0.677. The predicted molar refractivity (Wildman–Crippen MR) is 123 cm³/mol. The molecule has 6 nitrogen and oxygen atoms in total. The summed E-state index contributed by atoms with van der Waals surface area (Å²) in [6.07, 6.45) is 7.52. The van der Waals surface area contributed by atoms with E-state index in [1.165, 1.54) is 5.57 Å². The number of aromatic nitrogens is 2. The first-order valence-corrected chi connectivity index (χ1v) is 10.1. The summed E-state index contributed by atoms with van der Waals surface area (Å²) in [5.41, 5.74) is 9.77. The SMILES string of the molecule is C=CNc1nc(CCC)n(C/C(C)=N/C=C(C)C)c1C(=C)N(C)CCCCN. The second-order valence-corrected chi connectivity index (χ2v) is 7.34. The third-order valence-electron chi connectivity index (χ3n) is 4.37. The minimum absolute atomic E-state index is 0.677. The third-order valence-corrected chi connectivity index (χ3v) is 4.37. The summed E-state index contributed by atoms with van der Waals surface area (Å²) in [6, 6.07) is 0. The number of unbranched alkanes of at least 4 members (excludes halogenated alkanes) is 1. The summed E-state index contributed by atoms with van der Waals surface area (Å²) >= 11 is 0. The lowest BCUT2D eigenvalue weighted by molar-refractivity contribution is 0.456. The van der Waals surface area contributed by atoms with Gasteiger partial charge in [-0.1, -0.05) is 25.7 Å². The number of allylic oxidation sites excluding steroid dienone is 1. The van der Waals surface area contributed by atoms with Crippen LogP contribution in [-0.2, 0) is 13.0 Å². The Balaban J connectivity index is 3.32. The number of nitrogens with one attached hydrogen (secondary N) is 1. The van der Waals surface area contributed by atoms with Crippen molar-refractivity contribution in [3.8, 4) is 0 Å². The van der Waals surface area contributed by atoms with Crippen LogP contribution in [0.15, 0.2) is 36.1 Å². The molecule has 0 aliphatic rings. The van der Waals surface area contributed by atoms with Gasteiger partial charge < -0.3 is 20.5 Å². The van der Waals surface area contributed by atoms with E-state index in [9.17, 15) is 0 Å². The van der Waals surface area contributed by atoms with Gasteiger partial charge in [-0.3, -0.25) is 4.99 Å². The highest BCUT2D eigenvalue weighted by atomic mass is 15.2. The molecule has 0 unspecified atom stereocenters. The number of imidazole rings is 1. The van der Waals surface area contributed by atoms with Gasteiger partial charge in [0.2, 0.25) is 0 Å². The van der Waals surface area contributed by atoms with Crippen LogP contribution in [0.1, 0.15) is 58.5 Å². The van der Waals surface area contributed by atoms with Crippen molar-refractivity contribution in [3.05, 3.63) is 42.6 Å². The Kier molecular flexibility index (Phi) is 10.3. The highest BCUT2D eigenvalue weighted by molar-refractivity contribution is 5.83. The molecule has 3 N–H and O–H groups in total. The molecule has 0 bridgehead atoms. The largest absolute Gasteiger partial charge is 0.373 e. The maximum absolute atomic E-state index is 5.64. The van der Waals surface area contributed by atoms with Gasteiger partial charge in [0, 0.05) is 31.9 Å².